The highest BCUT2D eigenvalue weighted by Crippen LogP contribution is 2.24. The molecule has 0 radical (unpaired) electrons. The Labute approximate surface area is 183 Å². The molecule has 0 saturated carbocycles. The van der Waals surface area contributed by atoms with Crippen LogP contribution in [0.15, 0.2) is 95.6 Å². The standard InChI is InChI=1S/C24H19BrN2O3/c25-19-10-7-13-21(16-19)29-14-15-30-24(28)22-17-27(20-11-5-2-6-12-20)26-23(22)18-8-3-1-4-9-18/h1-13,16-17H,14-15H2. The highest BCUT2D eigenvalue weighted by molar-refractivity contribution is 9.10. The maximum absolute atomic E-state index is 12.8. The van der Waals surface area contributed by atoms with Gasteiger partial charge in [0.25, 0.3) is 0 Å². The highest BCUT2D eigenvalue weighted by Gasteiger charge is 2.20. The van der Waals surface area contributed by atoms with E-state index in [1.807, 2.05) is 84.9 Å². The zero-order valence-corrected chi connectivity index (χ0v) is 17.7. The summed E-state index contributed by atoms with van der Waals surface area (Å²) in [7, 11) is 0. The van der Waals surface area contributed by atoms with Crippen molar-refractivity contribution in [3.05, 3.63) is 101 Å². The molecule has 1 heterocycles. The maximum Gasteiger partial charge on any atom is 0.342 e. The van der Waals surface area contributed by atoms with Crippen LogP contribution in [-0.4, -0.2) is 29.0 Å². The number of halogens is 1. The second kappa shape index (κ2) is 9.41. The Bertz CT molecular complexity index is 1130. The van der Waals surface area contributed by atoms with Gasteiger partial charge < -0.3 is 9.47 Å². The van der Waals surface area contributed by atoms with Crippen LogP contribution in [0.25, 0.3) is 16.9 Å². The molecule has 4 aromatic rings. The Kier molecular flexibility index (Phi) is 6.25. The molecular formula is C24H19BrN2O3. The van der Waals surface area contributed by atoms with Crippen molar-refractivity contribution in [3.8, 4) is 22.7 Å². The minimum Gasteiger partial charge on any atom is -0.490 e. The fourth-order valence-corrected chi connectivity index (χ4v) is 3.35. The molecule has 0 atom stereocenters. The highest BCUT2D eigenvalue weighted by atomic mass is 79.9. The average Bonchev–Trinajstić information content (AvgIpc) is 3.24. The molecule has 0 bridgehead atoms. The van der Waals surface area contributed by atoms with Gasteiger partial charge in [0.1, 0.15) is 30.2 Å². The maximum atomic E-state index is 12.8. The monoisotopic (exact) mass is 462 g/mol. The van der Waals surface area contributed by atoms with Crippen LogP contribution in [0.5, 0.6) is 5.75 Å². The third kappa shape index (κ3) is 4.78. The fraction of sp³-hybridized carbons (Fsp3) is 0.0833. The summed E-state index contributed by atoms with van der Waals surface area (Å²) < 4.78 is 13.7. The van der Waals surface area contributed by atoms with E-state index in [2.05, 4.69) is 21.0 Å². The van der Waals surface area contributed by atoms with E-state index < -0.39 is 5.97 Å². The number of carbonyl (C=O) groups is 1. The largest absolute Gasteiger partial charge is 0.490 e. The topological polar surface area (TPSA) is 53.4 Å². The minimum absolute atomic E-state index is 0.135. The molecule has 6 heteroatoms. The summed E-state index contributed by atoms with van der Waals surface area (Å²) in [5, 5.41) is 4.64. The van der Waals surface area contributed by atoms with Crippen LogP contribution in [-0.2, 0) is 4.74 Å². The van der Waals surface area contributed by atoms with Crippen molar-refractivity contribution in [2.45, 2.75) is 0 Å². The number of rotatable bonds is 7. The lowest BCUT2D eigenvalue weighted by atomic mass is 10.1. The summed E-state index contributed by atoms with van der Waals surface area (Å²) in [6, 6.07) is 26.8. The van der Waals surface area contributed by atoms with Crippen molar-refractivity contribution in [1.82, 2.24) is 9.78 Å². The molecular weight excluding hydrogens is 444 g/mol. The van der Waals surface area contributed by atoms with Crippen LogP contribution in [0.2, 0.25) is 0 Å². The molecule has 0 aliphatic carbocycles. The van der Waals surface area contributed by atoms with Gasteiger partial charge >= 0.3 is 5.97 Å². The second-order valence-electron chi connectivity index (χ2n) is 6.48. The van der Waals surface area contributed by atoms with E-state index in [0.29, 0.717) is 17.0 Å². The Hall–Kier alpha value is -3.38. The molecule has 0 N–H and O–H groups in total. The third-order valence-electron chi connectivity index (χ3n) is 4.38. The Balaban J connectivity index is 1.50. The van der Waals surface area contributed by atoms with Crippen LogP contribution in [0.4, 0.5) is 0 Å². The number of benzene rings is 3. The van der Waals surface area contributed by atoms with Crippen LogP contribution < -0.4 is 4.74 Å². The smallest absolute Gasteiger partial charge is 0.342 e. The lowest BCUT2D eigenvalue weighted by Gasteiger charge is -2.08. The van der Waals surface area contributed by atoms with Gasteiger partial charge in [-0.25, -0.2) is 9.48 Å². The van der Waals surface area contributed by atoms with Crippen molar-refractivity contribution in [1.29, 1.82) is 0 Å². The third-order valence-corrected chi connectivity index (χ3v) is 4.88. The lowest BCUT2D eigenvalue weighted by molar-refractivity contribution is 0.0451. The van der Waals surface area contributed by atoms with E-state index in [-0.39, 0.29) is 13.2 Å². The van der Waals surface area contributed by atoms with Gasteiger partial charge in [-0.3, -0.25) is 0 Å². The first-order chi connectivity index (χ1) is 14.7. The number of aromatic nitrogens is 2. The number of nitrogens with zero attached hydrogens (tertiary/aromatic N) is 2. The first kappa shape index (κ1) is 19.9. The van der Waals surface area contributed by atoms with Gasteiger partial charge in [-0.05, 0) is 30.3 Å². The molecule has 4 rings (SSSR count). The van der Waals surface area contributed by atoms with E-state index in [1.165, 1.54) is 0 Å². The molecule has 0 fully saturated rings. The number of hydrogen-bond donors (Lipinski definition) is 0. The molecule has 0 spiro atoms. The lowest BCUT2D eigenvalue weighted by Crippen LogP contribution is -2.12. The van der Waals surface area contributed by atoms with Crippen LogP contribution in [0.1, 0.15) is 10.4 Å². The normalized spacial score (nSPS) is 10.6. The Morgan fingerprint density at radius 2 is 1.63 bits per heavy atom. The van der Waals surface area contributed by atoms with E-state index in [4.69, 9.17) is 9.47 Å². The number of hydrogen-bond acceptors (Lipinski definition) is 4. The predicted octanol–water partition coefficient (Wildman–Crippen LogP) is 5.54. The van der Waals surface area contributed by atoms with Gasteiger partial charge in [0, 0.05) is 16.2 Å². The predicted molar refractivity (Wildman–Crippen MR) is 119 cm³/mol. The summed E-state index contributed by atoms with van der Waals surface area (Å²) in [5.74, 6) is 0.274. The summed E-state index contributed by atoms with van der Waals surface area (Å²) in [4.78, 5) is 12.8. The number of ether oxygens (including phenoxy) is 2. The Morgan fingerprint density at radius 1 is 0.900 bits per heavy atom. The van der Waals surface area contributed by atoms with Crippen molar-refractivity contribution >= 4 is 21.9 Å². The van der Waals surface area contributed by atoms with Gasteiger partial charge in [0.15, 0.2) is 0 Å². The van der Waals surface area contributed by atoms with E-state index >= 15 is 0 Å². The minimum atomic E-state index is -0.436. The van der Waals surface area contributed by atoms with E-state index in [0.717, 1.165) is 15.7 Å². The number of carbonyl (C=O) groups excluding carboxylic acids is 1. The van der Waals surface area contributed by atoms with Gasteiger partial charge in [0.2, 0.25) is 0 Å². The molecule has 0 aliphatic rings. The van der Waals surface area contributed by atoms with Crippen molar-refractivity contribution in [2.75, 3.05) is 13.2 Å². The molecule has 0 aliphatic heterocycles. The SMILES string of the molecule is O=C(OCCOc1cccc(Br)c1)c1cn(-c2ccccc2)nc1-c1ccccc1. The van der Waals surface area contributed by atoms with Gasteiger partial charge in [-0.2, -0.15) is 5.10 Å². The summed E-state index contributed by atoms with van der Waals surface area (Å²) in [5.41, 5.74) is 2.71. The summed E-state index contributed by atoms with van der Waals surface area (Å²) in [6.07, 6.45) is 1.70. The van der Waals surface area contributed by atoms with Gasteiger partial charge in [0.05, 0.1) is 5.69 Å². The molecule has 0 unspecified atom stereocenters. The second-order valence-corrected chi connectivity index (χ2v) is 7.39. The summed E-state index contributed by atoms with van der Waals surface area (Å²) >= 11 is 3.40. The fourth-order valence-electron chi connectivity index (χ4n) is 2.97. The average molecular weight is 463 g/mol. The molecule has 150 valence electrons. The molecule has 30 heavy (non-hydrogen) atoms. The van der Waals surface area contributed by atoms with Crippen LogP contribution in [0.3, 0.4) is 0 Å². The zero-order valence-electron chi connectivity index (χ0n) is 16.1. The summed E-state index contributed by atoms with van der Waals surface area (Å²) in [6.45, 7) is 0.395. The first-order valence-electron chi connectivity index (χ1n) is 9.47. The number of esters is 1. The van der Waals surface area contributed by atoms with Crippen molar-refractivity contribution < 1.29 is 14.3 Å². The molecule has 1 aromatic heterocycles. The zero-order chi connectivity index (χ0) is 20.8. The van der Waals surface area contributed by atoms with Crippen molar-refractivity contribution in [3.63, 3.8) is 0 Å². The van der Waals surface area contributed by atoms with Gasteiger partial charge in [-0.15, -0.1) is 0 Å². The Morgan fingerprint density at radius 3 is 2.37 bits per heavy atom. The quantitative estimate of drug-likeness (QED) is 0.267. The number of para-hydroxylation sites is 1. The molecule has 0 saturated heterocycles. The van der Waals surface area contributed by atoms with E-state index in [1.54, 1.807) is 10.9 Å². The molecule has 0 amide bonds. The first-order valence-corrected chi connectivity index (χ1v) is 10.3. The van der Waals surface area contributed by atoms with Crippen LogP contribution in [0, 0.1) is 0 Å². The molecule has 3 aromatic carbocycles. The van der Waals surface area contributed by atoms with Gasteiger partial charge in [-0.1, -0.05) is 70.5 Å². The van der Waals surface area contributed by atoms with Crippen LogP contribution >= 0.6 is 15.9 Å². The van der Waals surface area contributed by atoms with Crippen molar-refractivity contribution in [2.24, 2.45) is 0 Å². The molecule has 5 nitrogen and oxygen atoms in total. The van der Waals surface area contributed by atoms with E-state index in [9.17, 15) is 4.79 Å².